The summed E-state index contributed by atoms with van der Waals surface area (Å²) < 4.78 is 59.9. The minimum Gasteiger partial charge on any atom is -0.481 e. The van der Waals surface area contributed by atoms with Crippen LogP contribution in [0.1, 0.15) is 22.3 Å². The average Bonchev–Trinajstić information content (AvgIpc) is 3.04. The van der Waals surface area contributed by atoms with E-state index >= 15 is 0 Å². The molecule has 0 saturated carbocycles. The number of hydrogen-bond donors (Lipinski definition) is 0. The van der Waals surface area contributed by atoms with Crippen LogP contribution in [0.2, 0.25) is 0 Å². The Bertz CT molecular complexity index is 1370. The molecule has 0 spiro atoms. The van der Waals surface area contributed by atoms with Gasteiger partial charge in [0.25, 0.3) is 0 Å². The second-order valence-electron chi connectivity index (χ2n) is 10.0. The first-order valence-electron chi connectivity index (χ1n) is 14.0. The van der Waals surface area contributed by atoms with Crippen molar-refractivity contribution in [2.45, 2.75) is 50.8 Å². The highest BCUT2D eigenvalue weighted by Gasteiger charge is 2.48. The molecule has 3 unspecified atom stereocenters. The summed E-state index contributed by atoms with van der Waals surface area (Å²) in [5, 5.41) is 0. The van der Waals surface area contributed by atoms with Crippen LogP contribution in [0, 0.1) is 0 Å². The van der Waals surface area contributed by atoms with Crippen molar-refractivity contribution >= 4 is 0 Å². The van der Waals surface area contributed by atoms with E-state index in [-0.39, 0.29) is 26.4 Å². The third kappa shape index (κ3) is 8.33. The Morgan fingerprint density at radius 3 is 1.38 bits per heavy atom. The molecule has 5 nitrogen and oxygen atoms in total. The van der Waals surface area contributed by atoms with E-state index in [0.717, 1.165) is 22.3 Å². The van der Waals surface area contributed by atoms with E-state index in [1.165, 1.54) is 0 Å². The summed E-state index contributed by atoms with van der Waals surface area (Å²) in [5.74, 6) is -0.558. The zero-order valence-corrected chi connectivity index (χ0v) is 23.2. The van der Waals surface area contributed by atoms with Crippen LogP contribution in [0.4, 0.5) is 8.78 Å². The Balaban J connectivity index is 1.42. The summed E-state index contributed by atoms with van der Waals surface area (Å²) in [7, 11) is 0. The largest absolute Gasteiger partial charge is 0.481 e. The molecular weight excluding hydrogens is 538 g/mol. The fraction of sp³-hybridized carbons (Fsp3) is 0.257. The van der Waals surface area contributed by atoms with Crippen molar-refractivity contribution in [2.75, 3.05) is 6.61 Å². The van der Waals surface area contributed by atoms with E-state index in [1.54, 1.807) is 0 Å². The van der Waals surface area contributed by atoms with Crippen molar-refractivity contribution in [3.8, 4) is 0 Å². The molecule has 4 atom stereocenters. The van der Waals surface area contributed by atoms with Gasteiger partial charge in [-0.2, -0.15) is 8.78 Å². The van der Waals surface area contributed by atoms with Crippen molar-refractivity contribution in [3.05, 3.63) is 155 Å². The Labute approximate surface area is 245 Å². The van der Waals surface area contributed by atoms with Gasteiger partial charge < -0.3 is 23.7 Å². The van der Waals surface area contributed by atoms with Crippen LogP contribution in [-0.2, 0) is 50.1 Å². The number of ether oxygens (including phenoxy) is 5. The van der Waals surface area contributed by atoms with E-state index in [0.29, 0.717) is 6.61 Å². The highest BCUT2D eigenvalue weighted by molar-refractivity contribution is 5.18. The van der Waals surface area contributed by atoms with Crippen molar-refractivity contribution < 1.29 is 32.5 Å². The van der Waals surface area contributed by atoms with Crippen molar-refractivity contribution in [1.29, 1.82) is 0 Å². The Kier molecular flexibility index (Phi) is 10.8. The van der Waals surface area contributed by atoms with Gasteiger partial charge in [-0.3, -0.25) is 0 Å². The van der Waals surface area contributed by atoms with Crippen LogP contribution in [0.3, 0.4) is 0 Å². The van der Waals surface area contributed by atoms with Crippen LogP contribution in [0.25, 0.3) is 0 Å². The Morgan fingerprint density at radius 1 is 0.524 bits per heavy atom. The van der Waals surface area contributed by atoms with E-state index in [9.17, 15) is 8.78 Å². The summed E-state index contributed by atoms with van der Waals surface area (Å²) in [6.07, 6.45) is -5.71. The summed E-state index contributed by atoms with van der Waals surface area (Å²) in [6, 6.07) is 38.3. The fourth-order valence-corrected chi connectivity index (χ4v) is 4.83. The molecule has 0 bridgehead atoms. The first-order chi connectivity index (χ1) is 20.7. The molecule has 4 aromatic carbocycles. The lowest BCUT2D eigenvalue weighted by Gasteiger charge is -2.43. The summed E-state index contributed by atoms with van der Waals surface area (Å²) >= 11 is 0. The van der Waals surface area contributed by atoms with Crippen LogP contribution in [0.5, 0.6) is 0 Å². The SMILES string of the molecule is FC(F)=C1OC(COCc2ccccc2)[C@H](OCc2ccccc2)C(OCc2ccccc2)C1OCc1ccccc1. The monoisotopic (exact) mass is 572 g/mol. The number of benzene rings is 4. The molecule has 1 saturated heterocycles. The summed E-state index contributed by atoms with van der Waals surface area (Å²) in [4.78, 5) is 0. The molecule has 0 aromatic heterocycles. The molecule has 7 heteroatoms. The lowest BCUT2D eigenvalue weighted by Crippen LogP contribution is -2.56. The molecule has 0 radical (unpaired) electrons. The van der Waals surface area contributed by atoms with Crippen LogP contribution in [-0.4, -0.2) is 31.0 Å². The van der Waals surface area contributed by atoms with Gasteiger partial charge in [-0.15, -0.1) is 0 Å². The molecule has 1 aliphatic rings. The summed E-state index contributed by atoms with van der Waals surface area (Å²) in [6.45, 7) is 0.824. The third-order valence-electron chi connectivity index (χ3n) is 6.95. The maximum Gasteiger partial charge on any atom is 0.310 e. The minimum atomic E-state index is -1.96. The first kappa shape index (κ1) is 29.6. The molecule has 218 valence electrons. The predicted octanol–water partition coefficient (Wildman–Crippen LogP) is 7.47. The number of hydrogen-bond acceptors (Lipinski definition) is 5. The molecule has 1 fully saturated rings. The van der Waals surface area contributed by atoms with Gasteiger partial charge in [0.1, 0.15) is 18.3 Å². The third-order valence-corrected chi connectivity index (χ3v) is 6.95. The zero-order valence-electron chi connectivity index (χ0n) is 23.2. The molecule has 5 rings (SSSR count). The zero-order chi connectivity index (χ0) is 29.0. The highest BCUT2D eigenvalue weighted by Crippen LogP contribution is 2.35. The smallest absolute Gasteiger partial charge is 0.310 e. The topological polar surface area (TPSA) is 46.2 Å². The highest BCUT2D eigenvalue weighted by atomic mass is 19.3. The summed E-state index contributed by atoms with van der Waals surface area (Å²) in [5.41, 5.74) is 3.63. The molecule has 4 aromatic rings. The van der Waals surface area contributed by atoms with Gasteiger partial charge >= 0.3 is 6.08 Å². The molecule has 0 N–H and O–H groups in total. The van der Waals surface area contributed by atoms with E-state index in [4.69, 9.17) is 23.7 Å². The Morgan fingerprint density at radius 2 is 0.929 bits per heavy atom. The molecule has 1 aliphatic heterocycles. The van der Waals surface area contributed by atoms with Crippen LogP contribution >= 0.6 is 0 Å². The second-order valence-corrected chi connectivity index (χ2v) is 10.0. The van der Waals surface area contributed by atoms with E-state index < -0.39 is 36.3 Å². The molecule has 0 aliphatic carbocycles. The van der Waals surface area contributed by atoms with Gasteiger partial charge in [-0.1, -0.05) is 121 Å². The van der Waals surface area contributed by atoms with Crippen LogP contribution < -0.4 is 0 Å². The van der Waals surface area contributed by atoms with Crippen molar-refractivity contribution in [1.82, 2.24) is 0 Å². The molecular formula is C35H34F2O5. The molecule has 0 amide bonds. The van der Waals surface area contributed by atoms with Crippen LogP contribution in [0.15, 0.2) is 133 Å². The van der Waals surface area contributed by atoms with Gasteiger partial charge in [0, 0.05) is 0 Å². The number of halogens is 2. The second kappa shape index (κ2) is 15.4. The molecule has 42 heavy (non-hydrogen) atoms. The van der Waals surface area contributed by atoms with Gasteiger partial charge in [-0.05, 0) is 22.3 Å². The average molecular weight is 573 g/mol. The van der Waals surface area contributed by atoms with Gasteiger partial charge in [0.15, 0.2) is 11.9 Å². The van der Waals surface area contributed by atoms with E-state index in [1.807, 2.05) is 121 Å². The number of rotatable bonds is 13. The van der Waals surface area contributed by atoms with Crippen molar-refractivity contribution in [2.24, 2.45) is 0 Å². The quantitative estimate of drug-likeness (QED) is 0.166. The maximum absolute atomic E-state index is 14.5. The van der Waals surface area contributed by atoms with Crippen molar-refractivity contribution in [3.63, 3.8) is 0 Å². The normalized spacial score (nSPS) is 20.2. The fourth-order valence-electron chi connectivity index (χ4n) is 4.83. The maximum atomic E-state index is 14.5. The predicted molar refractivity (Wildman–Crippen MR) is 155 cm³/mol. The van der Waals surface area contributed by atoms with Gasteiger partial charge in [-0.25, -0.2) is 0 Å². The lowest BCUT2D eigenvalue weighted by molar-refractivity contribution is -0.225. The lowest BCUT2D eigenvalue weighted by atomic mass is 9.97. The van der Waals surface area contributed by atoms with E-state index in [2.05, 4.69) is 0 Å². The van der Waals surface area contributed by atoms with Gasteiger partial charge in [0.2, 0.25) is 0 Å². The standard InChI is InChI=1S/C35H34F2O5/c36-35(37)34-33(41-24-29-19-11-4-12-20-29)32(40-23-28-17-9-3-10-18-28)31(39-22-27-15-7-2-8-16-27)30(42-34)25-38-21-26-13-5-1-6-14-26/h1-20,30-33H,21-25H2/t30?,31-,32?,33?/m0/s1. The van der Waals surface area contributed by atoms with Gasteiger partial charge in [0.05, 0.1) is 33.0 Å². The minimum absolute atomic E-state index is 0.0156. The molecule has 1 heterocycles. The Hall–Kier alpha value is -3.88. The first-order valence-corrected chi connectivity index (χ1v) is 14.0.